The molecular formula is C9H11F3N2. The predicted octanol–water partition coefficient (Wildman–Crippen LogP) is 1.82. The van der Waals surface area contributed by atoms with E-state index in [1.165, 1.54) is 6.20 Å². The van der Waals surface area contributed by atoms with Crippen LogP contribution in [-0.2, 0) is 6.42 Å². The zero-order valence-corrected chi connectivity index (χ0v) is 7.67. The number of aryl methyl sites for hydroxylation is 1. The molecule has 0 saturated heterocycles. The van der Waals surface area contributed by atoms with Crippen LogP contribution in [0.4, 0.5) is 13.2 Å². The molecule has 0 aliphatic carbocycles. The molecule has 0 amide bonds. The Morgan fingerprint density at radius 1 is 1.50 bits per heavy atom. The van der Waals surface area contributed by atoms with Crippen LogP contribution >= 0.6 is 0 Å². The molecule has 14 heavy (non-hydrogen) atoms. The molecule has 2 N–H and O–H groups in total. The van der Waals surface area contributed by atoms with Gasteiger partial charge in [-0.3, -0.25) is 4.98 Å². The number of hydrogen-bond donors (Lipinski definition) is 1. The van der Waals surface area contributed by atoms with Gasteiger partial charge in [0.25, 0.3) is 0 Å². The fourth-order valence-electron chi connectivity index (χ4n) is 1.10. The summed E-state index contributed by atoms with van der Waals surface area (Å²) >= 11 is 0. The van der Waals surface area contributed by atoms with Gasteiger partial charge in [-0.05, 0) is 31.0 Å². The summed E-state index contributed by atoms with van der Waals surface area (Å²) in [5.41, 5.74) is 6.24. The van der Waals surface area contributed by atoms with Gasteiger partial charge in [-0.1, -0.05) is 0 Å². The third-order valence-electron chi connectivity index (χ3n) is 1.84. The second-order valence-electron chi connectivity index (χ2n) is 3.16. The minimum atomic E-state index is -4.34. The molecule has 0 aliphatic heterocycles. The summed E-state index contributed by atoms with van der Waals surface area (Å²) < 4.78 is 36.3. The van der Waals surface area contributed by atoms with Crippen LogP contribution in [0.25, 0.3) is 0 Å². The van der Waals surface area contributed by atoms with E-state index in [2.05, 4.69) is 4.98 Å². The Labute approximate surface area is 79.9 Å². The summed E-state index contributed by atoms with van der Waals surface area (Å²) in [5, 5.41) is 0. The van der Waals surface area contributed by atoms with Gasteiger partial charge in [0.2, 0.25) is 0 Å². The third-order valence-corrected chi connectivity index (χ3v) is 1.84. The first-order valence-electron chi connectivity index (χ1n) is 4.13. The molecule has 1 aromatic heterocycles. The topological polar surface area (TPSA) is 38.9 Å². The van der Waals surface area contributed by atoms with Gasteiger partial charge in [-0.2, -0.15) is 13.2 Å². The number of alkyl halides is 3. The molecule has 1 heterocycles. The van der Waals surface area contributed by atoms with Crippen molar-refractivity contribution in [3.05, 3.63) is 29.6 Å². The quantitative estimate of drug-likeness (QED) is 0.798. The summed E-state index contributed by atoms with van der Waals surface area (Å²) in [4.78, 5) is 3.89. The molecule has 0 aliphatic rings. The van der Waals surface area contributed by atoms with Crippen molar-refractivity contribution >= 4 is 0 Å². The van der Waals surface area contributed by atoms with Crippen molar-refractivity contribution in [1.29, 1.82) is 0 Å². The fourth-order valence-corrected chi connectivity index (χ4v) is 1.10. The molecule has 1 rings (SSSR count). The molecule has 5 heteroatoms. The molecular weight excluding hydrogens is 193 g/mol. The minimum Gasteiger partial charge on any atom is -0.320 e. The van der Waals surface area contributed by atoms with E-state index in [0.717, 1.165) is 0 Å². The van der Waals surface area contributed by atoms with E-state index in [-0.39, 0.29) is 6.42 Å². The molecule has 2 nitrogen and oxygen atoms in total. The van der Waals surface area contributed by atoms with E-state index >= 15 is 0 Å². The molecule has 0 bridgehead atoms. The molecule has 1 atom stereocenters. The van der Waals surface area contributed by atoms with E-state index in [0.29, 0.717) is 11.3 Å². The molecule has 1 unspecified atom stereocenters. The molecule has 0 spiro atoms. The lowest BCUT2D eigenvalue weighted by atomic mass is 10.1. The van der Waals surface area contributed by atoms with Gasteiger partial charge in [0.05, 0.1) is 0 Å². The van der Waals surface area contributed by atoms with E-state index in [4.69, 9.17) is 5.73 Å². The SMILES string of the molecule is Cc1cc(CC(N)C(F)(F)F)ccn1. The number of aromatic nitrogens is 1. The van der Waals surface area contributed by atoms with Crippen molar-refractivity contribution < 1.29 is 13.2 Å². The Balaban J connectivity index is 2.70. The summed E-state index contributed by atoms with van der Waals surface area (Å²) in [6.07, 6.45) is -3.06. The number of pyridine rings is 1. The smallest absolute Gasteiger partial charge is 0.320 e. The monoisotopic (exact) mass is 204 g/mol. The Kier molecular flexibility index (Phi) is 3.10. The molecule has 0 radical (unpaired) electrons. The number of halogens is 3. The van der Waals surface area contributed by atoms with Crippen LogP contribution in [0.15, 0.2) is 18.3 Å². The van der Waals surface area contributed by atoms with Crippen LogP contribution in [0, 0.1) is 6.92 Å². The van der Waals surface area contributed by atoms with Gasteiger partial charge in [0.15, 0.2) is 0 Å². The average molecular weight is 204 g/mol. The van der Waals surface area contributed by atoms with Crippen LogP contribution in [0.5, 0.6) is 0 Å². The minimum absolute atomic E-state index is 0.202. The summed E-state index contributed by atoms with van der Waals surface area (Å²) in [7, 11) is 0. The highest BCUT2D eigenvalue weighted by Crippen LogP contribution is 2.21. The number of nitrogens with zero attached hydrogens (tertiary/aromatic N) is 1. The molecule has 78 valence electrons. The van der Waals surface area contributed by atoms with Crippen molar-refractivity contribution in [2.75, 3.05) is 0 Å². The average Bonchev–Trinajstić information content (AvgIpc) is 2.02. The Morgan fingerprint density at radius 2 is 2.14 bits per heavy atom. The summed E-state index contributed by atoms with van der Waals surface area (Å²) in [6.45, 7) is 1.72. The lowest BCUT2D eigenvalue weighted by Crippen LogP contribution is -2.39. The zero-order chi connectivity index (χ0) is 10.8. The van der Waals surface area contributed by atoms with Gasteiger partial charge in [0.1, 0.15) is 6.04 Å². The lowest BCUT2D eigenvalue weighted by Gasteiger charge is -2.15. The lowest BCUT2D eigenvalue weighted by molar-refractivity contribution is -0.147. The molecule has 1 aromatic rings. The van der Waals surface area contributed by atoms with Crippen LogP contribution < -0.4 is 5.73 Å². The standard InChI is InChI=1S/C9H11F3N2/c1-6-4-7(2-3-14-6)5-8(13)9(10,11)12/h2-4,8H,5,13H2,1H3. The van der Waals surface area contributed by atoms with Crippen molar-refractivity contribution in [3.8, 4) is 0 Å². The highest BCUT2D eigenvalue weighted by molar-refractivity contribution is 5.16. The highest BCUT2D eigenvalue weighted by Gasteiger charge is 2.36. The third kappa shape index (κ3) is 2.99. The first-order valence-corrected chi connectivity index (χ1v) is 4.13. The normalized spacial score (nSPS) is 14.1. The van der Waals surface area contributed by atoms with Crippen molar-refractivity contribution in [1.82, 2.24) is 4.98 Å². The highest BCUT2D eigenvalue weighted by atomic mass is 19.4. The zero-order valence-electron chi connectivity index (χ0n) is 7.67. The molecule has 0 fully saturated rings. The number of hydrogen-bond acceptors (Lipinski definition) is 2. The van der Waals surface area contributed by atoms with E-state index in [9.17, 15) is 13.2 Å². The van der Waals surface area contributed by atoms with Crippen molar-refractivity contribution in [2.45, 2.75) is 25.6 Å². The Hall–Kier alpha value is -1.10. The summed E-state index contributed by atoms with van der Waals surface area (Å²) in [6, 6.07) is 1.34. The second kappa shape index (κ2) is 3.96. The van der Waals surface area contributed by atoms with Crippen LogP contribution in [0.3, 0.4) is 0 Å². The maximum atomic E-state index is 12.1. The van der Waals surface area contributed by atoms with E-state index < -0.39 is 12.2 Å². The van der Waals surface area contributed by atoms with Crippen molar-refractivity contribution in [2.24, 2.45) is 5.73 Å². The van der Waals surface area contributed by atoms with Crippen LogP contribution in [0.2, 0.25) is 0 Å². The molecule has 0 aromatic carbocycles. The Bertz CT molecular complexity index is 309. The maximum absolute atomic E-state index is 12.1. The van der Waals surface area contributed by atoms with Gasteiger partial charge >= 0.3 is 6.18 Å². The predicted molar refractivity (Wildman–Crippen MR) is 46.7 cm³/mol. The van der Waals surface area contributed by atoms with Crippen LogP contribution in [0.1, 0.15) is 11.3 Å². The first kappa shape index (κ1) is 11.0. The number of nitrogens with two attached hydrogens (primary N) is 1. The largest absolute Gasteiger partial charge is 0.403 e. The van der Waals surface area contributed by atoms with Gasteiger partial charge in [0, 0.05) is 11.9 Å². The van der Waals surface area contributed by atoms with Crippen molar-refractivity contribution in [3.63, 3.8) is 0 Å². The van der Waals surface area contributed by atoms with Gasteiger partial charge in [-0.25, -0.2) is 0 Å². The number of rotatable bonds is 2. The summed E-state index contributed by atoms with van der Waals surface area (Å²) in [5.74, 6) is 0. The van der Waals surface area contributed by atoms with E-state index in [1.54, 1.807) is 19.1 Å². The maximum Gasteiger partial charge on any atom is 0.403 e. The Morgan fingerprint density at radius 3 is 2.64 bits per heavy atom. The molecule has 0 saturated carbocycles. The second-order valence-corrected chi connectivity index (χ2v) is 3.16. The first-order chi connectivity index (χ1) is 6.39. The van der Waals surface area contributed by atoms with E-state index in [1.807, 2.05) is 0 Å². The van der Waals surface area contributed by atoms with Crippen LogP contribution in [-0.4, -0.2) is 17.2 Å². The van der Waals surface area contributed by atoms with Gasteiger partial charge in [-0.15, -0.1) is 0 Å². The fraction of sp³-hybridized carbons (Fsp3) is 0.444. The van der Waals surface area contributed by atoms with Gasteiger partial charge < -0.3 is 5.73 Å².